The smallest absolute Gasteiger partial charge is 0.124 e. The lowest BCUT2D eigenvalue weighted by Gasteiger charge is -2.13. The third kappa shape index (κ3) is 3.55. The molecule has 1 aromatic carbocycles. The average molecular weight is 282 g/mol. The van der Waals surface area contributed by atoms with Crippen LogP contribution in [0.25, 0.3) is 0 Å². The molecule has 102 valence electrons. The van der Waals surface area contributed by atoms with E-state index in [0.717, 1.165) is 17.9 Å². The number of benzene rings is 1. The van der Waals surface area contributed by atoms with Gasteiger partial charge in [-0.25, -0.2) is 9.37 Å². The molecule has 0 aliphatic carbocycles. The van der Waals surface area contributed by atoms with Gasteiger partial charge in [-0.05, 0) is 31.0 Å². The van der Waals surface area contributed by atoms with Crippen LogP contribution >= 0.6 is 11.6 Å². The summed E-state index contributed by atoms with van der Waals surface area (Å²) < 4.78 is 15.0. The van der Waals surface area contributed by atoms with Crippen molar-refractivity contribution in [2.45, 2.75) is 32.4 Å². The number of hydrogen-bond acceptors (Lipinski definition) is 2. The summed E-state index contributed by atoms with van der Waals surface area (Å²) in [6.07, 6.45) is 4.99. The highest BCUT2D eigenvalue weighted by Crippen LogP contribution is 2.19. The van der Waals surface area contributed by atoms with Gasteiger partial charge in [0.2, 0.25) is 0 Å². The minimum absolute atomic E-state index is 0.0874. The Morgan fingerprint density at radius 1 is 1.42 bits per heavy atom. The van der Waals surface area contributed by atoms with Gasteiger partial charge in [-0.15, -0.1) is 0 Å². The van der Waals surface area contributed by atoms with Crippen LogP contribution in [-0.2, 0) is 19.4 Å². The Labute approximate surface area is 117 Å². The second-order valence-corrected chi connectivity index (χ2v) is 4.94. The van der Waals surface area contributed by atoms with Crippen LogP contribution in [0.15, 0.2) is 30.6 Å². The van der Waals surface area contributed by atoms with Crippen LogP contribution in [0.4, 0.5) is 4.39 Å². The van der Waals surface area contributed by atoms with Crippen LogP contribution in [0.2, 0.25) is 5.02 Å². The molecule has 0 spiro atoms. The fraction of sp³-hybridized carbons (Fsp3) is 0.357. The van der Waals surface area contributed by atoms with Crippen LogP contribution < -0.4 is 5.73 Å². The Hall–Kier alpha value is -1.39. The molecule has 2 N–H and O–H groups in total. The molecule has 0 radical (unpaired) electrons. The minimum atomic E-state index is -0.330. The van der Waals surface area contributed by atoms with E-state index in [-0.39, 0.29) is 11.9 Å². The van der Waals surface area contributed by atoms with E-state index in [1.807, 2.05) is 6.20 Å². The van der Waals surface area contributed by atoms with Gasteiger partial charge < -0.3 is 10.3 Å². The summed E-state index contributed by atoms with van der Waals surface area (Å²) >= 11 is 6.00. The summed E-state index contributed by atoms with van der Waals surface area (Å²) in [6, 6.07) is 4.32. The Morgan fingerprint density at radius 2 is 2.21 bits per heavy atom. The van der Waals surface area contributed by atoms with Crippen LogP contribution in [0, 0.1) is 5.82 Å². The maximum absolute atomic E-state index is 13.0. The Kier molecular flexibility index (Phi) is 4.56. The largest absolute Gasteiger partial charge is 0.335 e. The number of nitrogens with two attached hydrogens (primary N) is 1. The second-order valence-electron chi connectivity index (χ2n) is 4.53. The molecule has 1 atom stereocenters. The van der Waals surface area contributed by atoms with E-state index in [1.54, 1.807) is 12.3 Å². The lowest BCUT2D eigenvalue weighted by molar-refractivity contribution is 0.599. The summed E-state index contributed by atoms with van der Waals surface area (Å²) in [7, 11) is 0. The van der Waals surface area contributed by atoms with Crippen molar-refractivity contribution in [2.24, 2.45) is 5.73 Å². The second kappa shape index (κ2) is 6.17. The van der Waals surface area contributed by atoms with Gasteiger partial charge in [0.1, 0.15) is 11.6 Å². The van der Waals surface area contributed by atoms with Gasteiger partial charge in [0, 0.05) is 36.4 Å². The van der Waals surface area contributed by atoms with Crippen molar-refractivity contribution in [1.82, 2.24) is 9.55 Å². The lowest BCUT2D eigenvalue weighted by Crippen LogP contribution is -2.27. The summed E-state index contributed by atoms with van der Waals surface area (Å²) in [5.74, 6) is 0.636. The fourth-order valence-corrected chi connectivity index (χ4v) is 2.34. The predicted molar refractivity (Wildman–Crippen MR) is 74.7 cm³/mol. The van der Waals surface area contributed by atoms with Crippen molar-refractivity contribution >= 4 is 11.6 Å². The molecule has 0 amide bonds. The zero-order valence-corrected chi connectivity index (χ0v) is 11.6. The van der Waals surface area contributed by atoms with E-state index < -0.39 is 0 Å². The molecule has 1 heterocycles. The molecule has 0 aliphatic rings. The number of rotatable bonds is 5. The molecule has 0 bridgehead atoms. The molecule has 3 nitrogen and oxygen atoms in total. The molecule has 2 aromatic rings. The first kappa shape index (κ1) is 14.0. The molecule has 0 aliphatic heterocycles. The molecular weight excluding hydrogens is 265 g/mol. The maximum atomic E-state index is 13.0. The third-order valence-electron chi connectivity index (χ3n) is 3.08. The number of nitrogens with zero attached hydrogens (tertiary/aromatic N) is 2. The number of imidazole rings is 1. The van der Waals surface area contributed by atoms with Crippen LogP contribution in [-0.4, -0.2) is 15.6 Å². The van der Waals surface area contributed by atoms with Crippen molar-refractivity contribution in [2.75, 3.05) is 0 Å². The summed E-state index contributed by atoms with van der Waals surface area (Å²) in [6.45, 7) is 2.94. The SMILES string of the molecule is CCn1ccnc1CC(N)Cc1ccc(F)cc1Cl. The number of aromatic nitrogens is 2. The van der Waals surface area contributed by atoms with E-state index >= 15 is 0 Å². The fourth-order valence-electron chi connectivity index (χ4n) is 2.09. The van der Waals surface area contributed by atoms with Crippen molar-refractivity contribution < 1.29 is 4.39 Å². The Bertz CT molecular complexity index is 553. The number of hydrogen-bond donors (Lipinski definition) is 1. The first-order chi connectivity index (χ1) is 9.10. The van der Waals surface area contributed by atoms with E-state index in [0.29, 0.717) is 17.9 Å². The number of aryl methyl sites for hydroxylation is 1. The molecular formula is C14H17ClFN3. The van der Waals surface area contributed by atoms with E-state index in [1.165, 1.54) is 12.1 Å². The van der Waals surface area contributed by atoms with Crippen LogP contribution in [0.1, 0.15) is 18.3 Å². The van der Waals surface area contributed by atoms with Crippen molar-refractivity contribution in [3.63, 3.8) is 0 Å². The molecule has 0 saturated carbocycles. The van der Waals surface area contributed by atoms with Crippen molar-refractivity contribution in [3.8, 4) is 0 Å². The molecule has 1 aromatic heterocycles. The topological polar surface area (TPSA) is 43.8 Å². The van der Waals surface area contributed by atoms with Crippen LogP contribution in [0.5, 0.6) is 0 Å². The van der Waals surface area contributed by atoms with Crippen molar-refractivity contribution in [1.29, 1.82) is 0 Å². The summed E-state index contributed by atoms with van der Waals surface area (Å²) in [5, 5.41) is 0.425. The van der Waals surface area contributed by atoms with Gasteiger partial charge in [-0.2, -0.15) is 0 Å². The average Bonchev–Trinajstić information content (AvgIpc) is 2.80. The predicted octanol–water partition coefficient (Wildman–Crippen LogP) is 2.81. The van der Waals surface area contributed by atoms with Gasteiger partial charge in [0.15, 0.2) is 0 Å². The third-order valence-corrected chi connectivity index (χ3v) is 3.44. The summed E-state index contributed by atoms with van der Waals surface area (Å²) in [5.41, 5.74) is 6.99. The van der Waals surface area contributed by atoms with E-state index in [4.69, 9.17) is 17.3 Å². The standard InChI is InChI=1S/C14H17ClFN3/c1-2-19-6-5-18-14(19)9-12(17)7-10-3-4-11(16)8-13(10)15/h3-6,8,12H,2,7,9,17H2,1H3. The highest BCUT2D eigenvalue weighted by Gasteiger charge is 2.11. The normalized spacial score (nSPS) is 12.6. The van der Waals surface area contributed by atoms with Gasteiger partial charge in [-0.1, -0.05) is 17.7 Å². The molecule has 0 saturated heterocycles. The molecule has 1 unspecified atom stereocenters. The Morgan fingerprint density at radius 3 is 2.89 bits per heavy atom. The first-order valence-electron chi connectivity index (χ1n) is 6.29. The molecule has 19 heavy (non-hydrogen) atoms. The van der Waals surface area contributed by atoms with Gasteiger partial charge >= 0.3 is 0 Å². The minimum Gasteiger partial charge on any atom is -0.335 e. The lowest BCUT2D eigenvalue weighted by atomic mass is 10.0. The van der Waals surface area contributed by atoms with Gasteiger partial charge in [0.05, 0.1) is 0 Å². The monoisotopic (exact) mass is 281 g/mol. The zero-order valence-electron chi connectivity index (χ0n) is 10.8. The first-order valence-corrected chi connectivity index (χ1v) is 6.67. The Balaban J connectivity index is 2.03. The van der Waals surface area contributed by atoms with Gasteiger partial charge in [0.25, 0.3) is 0 Å². The highest BCUT2D eigenvalue weighted by molar-refractivity contribution is 6.31. The molecule has 2 rings (SSSR count). The molecule has 5 heteroatoms. The quantitative estimate of drug-likeness (QED) is 0.916. The summed E-state index contributed by atoms with van der Waals surface area (Å²) in [4.78, 5) is 4.30. The molecule has 0 fully saturated rings. The van der Waals surface area contributed by atoms with E-state index in [9.17, 15) is 4.39 Å². The van der Waals surface area contributed by atoms with Crippen LogP contribution in [0.3, 0.4) is 0 Å². The van der Waals surface area contributed by atoms with E-state index in [2.05, 4.69) is 16.5 Å². The van der Waals surface area contributed by atoms with Crippen molar-refractivity contribution in [3.05, 3.63) is 52.8 Å². The zero-order chi connectivity index (χ0) is 13.8. The maximum Gasteiger partial charge on any atom is 0.124 e. The number of halogens is 2. The van der Waals surface area contributed by atoms with Gasteiger partial charge in [-0.3, -0.25) is 0 Å². The highest BCUT2D eigenvalue weighted by atomic mass is 35.5.